The zero-order valence-electron chi connectivity index (χ0n) is 14.2. The molecule has 5 rings (SSSR count). The summed E-state index contributed by atoms with van der Waals surface area (Å²) < 4.78 is 2.27. The van der Waals surface area contributed by atoms with Crippen molar-refractivity contribution >= 4 is 54.6 Å². The lowest BCUT2D eigenvalue weighted by molar-refractivity contribution is 0.102. The minimum absolute atomic E-state index is 0.112. The molecule has 5 aromatic rings. The number of carbonyl (C=O) groups is 1. The van der Waals surface area contributed by atoms with Crippen LogP contribution in [0.3, 0.4) is 0 Å². The molecule has 0 bridgehead atoms. The number of rotatable bonds is 3. The van der Waals surface area contributed by atoms with Gasteiger partial charge in [0.05, 0.1) is 10.2 Å². The molecule has 0 spiro atoms. The third-order valence-electron chi connectivity index (χ3n) is 4.39. The molecule has 0 fully saturated rings. The largest absolute Gasteiger partial charge is 0.322 e. The zero-order chi connectivity index (χ0) is 18.2. The van der Waals surface area contributed by atoms with Crippen LogP contribution in [0.15, 0.2) is 78.2 Å². The number of amides is 1. The summed E-state index contributed by atoms with van der Waals surface area (Å²) in [6.45, 7) is 0. The monoisotopic (exact) mass is 386 g/mol. The predicted octanol–water partition coefficient (Wildman–Crippen LogP) is 6.43. The molecule has 2 heterocycles. The molecule has 27 heavy (non-hydrogen) atoms. The van der Waals surface area contributed by atoms with E-state index in [1.54, 1.807) is 22.7 Å². The van der Waals surface area contributed by atoms with Crippen molar-refractivity contribution in [3.8, 4) is 10.6 Å². The molecule has 0 atom stereocenters. The Bertz CT molecular complexity index is 1270. The van der Waals surface area contributed by atoms with E-state index in [-0.39, 0.29) is 5.91 Å². The summed E-state index contributed by atoms with van der Waals surface area (Å²) >= 11 is 3.35. The first-order valence-corrected chi connectivity index (χ1v) is 10.2. The maximum atomic E-state index is 12.5. The van der Waals surface area contributed by atoms with Crippen LogP contribution < -0.4 is 5.32 Å². The highest BCUT2D eigenvalue weighted by Gasteiger charge is 2.13. The average Bonchev–Trinajstić information content (AvgIpc) is 3.32. The Labute approximate surface area is 163 Å². The standard InChI is InChI=1S/C22H14N2OS2/c25-21(23-15-6-2-1-3-7-15)14-10-11-18-20(12-14)27-22(24-18)17-13-26-19-9-5-4-8-16(17)19/h1-13H,(H,23,25). The molecule has 2 aromatic heterocycles. The summed E-state index contributed by atoms with van der Waals surface area (Å²) in [6.07, 6.45) is 0. The molecular formula is C22H14N2OS2. The van der Waals surface area contributed by atoms with Crippen molar-refractivity contribution in [1.29, 1.82) is 0 Å². The van der Waals surface area contributed by atoms with E-state index in [9.17, 15) is 4.79 Å². The summed E-state index contributed by atoms with van der Waals surface area (Å²) in [5.74, 6) is -0.112. The van der Waals surface area contributed by atoms with Crippen molar-refractivity contribution in [1.82, 2.24) is 4.98 Å². The Kier molecular flexibility index (Phi) is 3.96. The van der Waals surface area contributed by atoms with Crippen LogP contribution in [-0.2, 0) is 0 Å². The maximum Gasteiger partial charge on any atom is 0.255 e. The van der Waals surface area contributed by atoms with Crippen molar-refractivity contribution in [2.45, 2.75) is 0 Å². The number of para-hydroxylation sites is 1. The number of thiazole rings is 1. The number of benzene rings is 3. The fourth-order valence-electron chi connectivity index (χ4n) is 3.05. The van der Waals surface area contributed by atoms with Gasteiger partial charge in [-0.05, 0) is 36.4 Å². The van der Waals surface area contributed by atoms with Crippen LogP contribution in [0.25, 0.3) is 30.9 Å². The van der Waals surface area contributed by atoms with Gasteiger partial charge < -0.3 is 5.32 Å². The fraction of sp³-hybridized carbons (Fsp3) is 0. The van der Waals surface area contributed by atoms with Crippen LogP contribution in [0.2, 0.25) is 0 Å². The van der Waals surface area contributed by atoms with Gasteiger partial charge in [0.2, 0.25) is 0 Å². The SMILES string of the molecule is O=C(Nc1ccccc1)c1ccc2nc(-c3csc4ccccc34)sc2c1. The molecule has 1 amide bonds. The summed E-state index contributed by atoms with van der Waals surface area (Å²) in [5.41, 5.74) is 3.50. The summed E-state index contributed by atoms with van der Waals surface area (Å²) in [5, 5.41) is 7.30. The molecule has 5 heteroatoms. The predicted molar refractivity (Wildman–Crippen MR) is 115 cm³/mol. The Balaban J connectivity index is 1.51. The second-order valence-electron chi connectivity index (χ2n) is 6.17. The number of nitrogens with one attached hydrogen (secondary N) is 1. The number of thiophene rings is 1. The van der Waals surface area contributed by atoms with Gasteiger partial charge in [-0.25, -0.2) is 4.98 Å². The smallest absolute Gasteiger partial charge is 0.255 e. The molecule has 0 saturated carbocycles. The molecule has 3 nitrogen and oxygen atoms in total. The van der Waals surface area contributed by atoms with E-state index in [2.05, 4.69) is 35.0 Å². The molecule has 1 N–H and O–H groups in total. The number of hydrogen-bond acceptors (Lipinski definition) is 4. The first kappa shape index (κ1) is 16.2. The van der Waals surface area contributed by atoms with Gasteiger partial charge in [0, 0.05) is 32.3 Å². The molecule has 130 valence electrons. The minimum atomic E-state index is -0.112. The van der Waals surface area contributed by atoms with E-state index in [4.69, 9.17) is 4.98 Å². The molecular weight excluding hydrogens is 372 g/mol. The second kappa shape index (κ2) is 6.61. The Hall–Kier alpha value is -3.02. The molecule has 0 radical (unpaired) electrons. The van der Waals surface area contributed by atoms with Gasteiger partial charge in [-0.15, -0.1) is 22.7 Å². The summed E-state index contributed by atoms with van der Waals surface area (Å²) in [6, 6.07) is 23.5. The average molecular weight is 387 g/mol. The highest BCUT2D eigenvalue weighted by atomic mass is 32.1. The van der Waals surface area contributed by atoms with Crippen molar-refractivity contribution < 1.29 is 4.79 Å². The maximum absolute atomic E-state index is 12.5. The first-order chi connectivity index (χ1) is 13.3. The second-order valence-corrected chi connectivity index (χ2v) is 8.11. The number of hydrogen-bond donors (Lipinski definition) is 1. The number of fused-ring (bicyclic) bond motifs is 2. The van der Waals surface area contributed by atoms with Crippen LogP contribution in [0.1, 0.15) is 10.4 Å². The topological polar surface area (TPSA) is 42.0 Å². The molecule has 0 aliphatic heterocycles. The van der Waals surface area contributed by atoms with E-state index >= 15 is 0 Å². The van der Waals surface area contributed by atoms with E-state index in [1.807, 2.05) is 48.5 Å². The fourth-order valence-corrected chi connectivity index (χ4v) is 5.10. The first-order valence-electron chi connectivity index (χ1n) is 8.51. The van der Waals surface area contributed by atoms with E-state index < -0.39 is 0 Å². The third-order valence-corrected chi connectivity index (χ3v) is 6.41. The van der Waals surface area contributed by atoms with Gasteiger partial charge in [0.15, 0.2) is 0 Å². The van der Waals surface area contributed by atoms with Gasteiger partial charge in [-0.1, -0.05) is 36.4 Å². The summed E-state index contributed by atoms with van der Waals surface area (Å²) in [4.78, 5) is 17.3. The number of aromatic nitrogens is 1. The van der Waals surface area contributed by atoms with Crippen molar-refractivity contribution in [3.05, 3.63) is 83.7 Å². The molecule has 0 aliphatic carbocycles. The van der Waals surface area contributed by atoms with E-state index in [0.29, 0.717) is 5.56 Å². The van der Waals surface area contributed by atoms with Crippen LogP contribution in [0.5, 0.6) is 0 Å². The Morgan fingerprint density at radius 3 is 2.59 bits per heavy atom. The quantitative estimate of drug-likeness (QED) is 0.388. The number of anilines is 1. The number of carbonyl (C=O) groups excluding carboxylic acids is 1. The highest BCUT2D eigenvalue weighted by molar-refractivity contribution is 7.22. The molecule has 3 aromatic carbocycles. The van der Waals surface area contributed by atoms with Gasteiger partial charge in [0.1, 0.15) is 5.01 Å². The van der Waals surface area contributed by atoms with Crippen LogP contribution >= 0.6 is 22.7 Å². The lowest BCUT2D eigenvalue weighted by Gasteiger charge is -2.04. The molecule has 0 unspecified atom stereocenters. The zero-order valence-corrected chi connectivity index (χ0v) is 15.8. The third kappa shape index (κ3) is 3.01. The van der Waals surface area contributed by atoms with Gasteiger partial charge in [-0.2, -0.15) is 0 Å². The lowest BCUT2D eigenvalue weighted by Crippen LogP contribution is -2.11. The van der Waals surface area contributed by atoms with Gasteiger partial charge >= 0.3 is 0 Å². The summed E-state index contributed by atoms with van der Waals surface area (Å²) in [7, 11) is 0. The van der Waals surface area contributed by atoms with Crippen molar-refractivity contribution in [2.24, 2.45) is 0 Å². The Morgan fingerprint density at radius 1 is 0.889 bits per heavy atom. The highest BCUT2D eigenvalue weighted by Crippen LogP contribution is 2.38. The molecule has 0 saturated heterocycles. The van der Waals surface area contributed by atoms with Crippen LogP contribution in [0, 0.1) is 0 Å². The lowest BCUT2D eigenvalue weighted by atomic mass is 10.2. The van der Waals surface area contributed by atoms with Crippen molar-refractivity contribution in [3.63, 3.8) is 0 Å². The van der Waals surface area contributed by atoms with E-state index in [1.165, 1.54) is 10.1 Å². The minimum Gasteiger partial charge on any atom is -0.322 e. The van der Waals surface area contributed by atoms with Crippen molar-refractivity contribution in [2.75, 3.05) is 5.32 Å². The Morgan fingerprint density at radius 2 is 1.70 bits per heavy atom. The van der Waals surface area contributed by atoms with Gasteiger partial charge in [-0.3, -0.25) is 4.79 Å². The number of nitrogens with zero attached hydrogens (tertiary/aromatic N) is 1. The van der Waals surface area contributed by atoms with Crippen LogP contribution in [-0.4, -0.2) is 10.9 Å². The van der Waals surface area contributed by atoms with Gasteiger partial charge in [0.25, 0.3) is 5.91 Å². The van der Waals surface area contributed by atoms with Crippen LogP contribution in [0.4, 0.5) is 5.69 Å². The normalized spacial score (nSPS) is 11.1. The molecule has 0 aliphatic rings. The van der Waals surface area contributed by atoms with E-state index in [0.717, 1.165) is 26.5 Å².